The Morgan fingerprint density at radius 2 is 1.80 bits per heavy atom. The Balaban J connectivity index is 1.68. The molecule has 0 N–H and O–H groups in total. The van der Waals surface area contributed by atoms with Gasteiger partial charge in [0.25, 0.3) is 10.0 Å². The third kappa shape index (κ3) is 4.06. The lowest BCUT2D eigenvalue weighted by Gasteiger charge is -2.25. The minimum absolute atomic E-state index is 0.0724. The van der Waals surface area contributed by atoms with Crippen LogP contribution in [0.15, 0.2) is 70.9 Å². The molecule has 1 amide bonds. The van der Waals surface area contributed by atoms with Crippen molar-refractivity contribution < 1.29 is 17.9 Å². The zero-order chi connectivity index (χ0) is 21.1. The lowest BCUT2D eigenvalue weighted by atomic mass is 10.3. The van der Waals surface area contributed by atoms with E-state index in [0.717, 1.165) is 17.0 Å². The number of carbonyl (C=O) groups excluding carboxylic acids is 1. The Kier molecular flexibility index (Phi) is 5.78. The van der Waals surface area contributed by atoms with Crippen LogP contribution < -0.4 is 13.9 Å². The number of rotatable bonds is 7. The van der Waals surface area contributed by atoms with Gasteiger partial charge in [-0.15, -0.1) is 11.3 Å². The van der Waals surface area contributed by atoms with E-state index in [0.29, 0.717) is 24.4 Å². The highest BCUT2D eigenvalue weighted by atomic mass is 32.2. The summed E-state index contributed by atoms with van der Waals surface area (Å²) in [6, 6.07) is 17.3. The second-order valence-electron chi connectivity index (χ2n) is 6.93. The van der Waals surface area contributed by atoms with Crippen LogP contribution in [0, 0.1) is 0 Å². The highest BCUT2D eigenvalue weighted by Gasteiger charge is 2.27. The number of thiophene rings is 1. The smallest absolute Gasteiger partial charge is 0.264 e. The van der Waals surface area contributed by atoms with Crippen LogP contribution in [0.25, 0.3) is 0 Å². The van der Waals surface area contributed by atoms with Gasteiger partial charge in [-0.3, -0.25) is 9.10 Å². The molecule has 0 radical (unpaired) electrons. The van der Waals surface area contributed by atoms with Gasteiger partial charge < -0.3 is 9.64 Å². The Morgan fingerprint density at radius 1 is 1.07 bits per heavy atom. The van der Waals surface area contributed by atoms with E-state index in [-0.39, 0.29) is 17.3 Å². The van der Waals surface area contributed by atoms with Crippen molar-refractivity contribution in [3.05, 3.63) is 70.9 Å². The fourth-order valence-electron chi connectivity index (χ4n) is 3.45. The zero-order valence-electron chi connectivity index (χ0n) is 16.5. The molecule has 1 fully saturated rings. The highest BCUT2D eigenvalue weighted by Crippen LogP contribution is 2.30. The van der Waals surface area contributed by atoms with Crippen molar-refractivity contribution in [1.29, 1.82) is 0 Å². The summed E-state index contributed by atoms with van der Waals surface area (Å²) in [6.07, 6.45) is 1.36. The maximum atomic E-state index is 13.5. The molecule has 3 aromatic rings. The molecule has 0 aliphatic carbocycles. The summed E-state index contributed by atoms with van der Waals surface area (Å²) in [5.74, 6) is 0.731. The highest BCUT2D eigenvalue weighted by molar-refractivity contribution is 7.92. The maximum Gasteiger partial charge on any atom is 0.264 e. The van der Waals surface area contributed by atoms with E-state index in [2.05, 4.69) is 0 Å². The fourth-order valence-corrected chi connectivity index (χ4v) is 5.67. The predicted octanol–water partition coefficient (Wildman–Crippen LogP) is 4.28. The lowest BCUT2D eigenvalue weighted by molar-refractivity contribution is -0.117. The topological polar surface area (TPSA) is 66.9 Å². The molecule has 30 heavy (non-hydrogen) atoms. The Hall–Kier alpha value is -2.84. The van der Waals surface area contributed by atoms with Crippen molar-refractivity contribution in [3.8, 4) is 5.75 Å². The molecule has 0 atom stereocenters. The number of benzene rings is 2. The summed E-state index contributed by atoms with van der Waals surface area (Å²) >= 11 is 1.51. The lowest BCUT2D eigenvalue weighted by Crippen LogP contribution is -2.30. The van der Waals surface area contributed by atoms with Crippen molar-refractivity contribution in [2.45, 2.75) is 24.3 Å². The number of hydrogen-bond donors (Lipinski definition) is 0. The van der Waals surface area contributed by atoms with Gasteiger partial charge in [0.1, 0.15) is 5.75 Å². The molecule has 0 bridgehead atoms. The number of nitrogens with zero attached hydrogens (tertiary/aromatic N) is 2. The molecular formula is C22H22N2O4S2. The molecular weight excluding hydrogens is 420 g/mol. The molecule has 0 saturated carbocycles. The molecule has 1 saturated heterocycles. The van der Waals surface area contributed by atoms with Gasteiger partial charge in [0.15, 0.2) is 0 Å². The molecule has 8 heteroatoms. The van der Waals surface area contributed by atoms with Crippen molar-refractivity contribution in [2.24, 2.45) is 0 Å². The largest absolute Gasteiger partial charge is 0.497 e. The second kappa shape index (κ2) is 8.49. The average Bonchev–Trinajstić information content (AvgIpc) is 3.44. The van der Waals surface area contributed by atoms with Crippen molar-refractivity contribution >= 4 is 38.6 Å². The van der Waals surface area contributed by atoms with Crippen LogP contribution in [0.5, 0.6) is 5.75 Å². The summed E-state index contributed by atoms with van der Waals surface area (Å²) in [7, 11) is -2.24. The molecule has 4 rings (SSSR count). The van der Waals surface area contributed by atoms with Crippen LogP contribution >= 0.6 is 11.3 Å². The summed E-state index contributed by atoms with van der Waals surface area (Å²) in [5, 5.41) is 1.93. The molecule has 0 unspecified atom stereocenters. The fraction of sp³-hybridized carbons (Fsp3) is 0.227. The van der Waals surface area contributed by atoms with Gasteiger partial charge in [-0.05, 0) is 66.4 Å². The van der Waals surface area contributed by atoms with Crippen LogP contribution in [0.3, 0.4) is 0 Å². The first-order valence-corrected chi connectivity index (χ1v) is 11.9. The van der Waals surface area contributed by atoms with Gasteiger partial charge >= 0.3 is 0 Å². The van der Waals surface area contributed by atoms with E-state index in [1.807, 2.05) is 17.5 Å². The normalized spacial score (nSPS) is 14.2. The van der Waals surface area contributed by atoms with Crippen molar-refractivity contribution in [3.63, 3.8) is 0 Å². The summed E-state index contributed by atoms with van der Waals surface area (Å²) < 4.78 is 33.7. The first-order valence-electron chi connectivity index (χ1n) is 9.58. The van der Waals surface area contributed by atoms with E-state index in [4.69, 9.17) is 4.74 Å². The van der Waals surface area contributed by atoms with E-state index in [9.17, 15) is 13.2 Å². The SMILES string of the molecule is COc1ccc(N(Cc2cccs2)S(=O)(=O)c2ccc(N3CCCC3=O)cc2)cc1. The third-order valence-electron chi connectivity index (χ3n) is 5.05. The van der Waals surface area contributed by atoms with E-state index >= 15 is 0 Å². The van der Waals surface area contributed by atoms with E-state index in [1.54, 1.807) is 60.5 Å². The van der Waals surface area contributed by atoms with Crippen LogP contribution in [-0.2, 0) is 21.4 Å². The predicted molar refractivity (Wildman–Crippen MR) is 119 cm³/mol. The number of ether oxygens (including phenoxy) is 1. The number of carbonyl (C=O) groups is 1. The van der Waals surface area contributed by atoms with Crippen LogP contribution in [-0.4, -0.2) is 28.0 Å². The Labute approximate surface area is 180 Å². The molecule has 1 aliphatic rings. The quantitative estimate of drug-likeness (QED) is 0.548. The van der Waals surface area contributed by atoms with Gasteiger partial charge in [0.2, 0.25) is 5.91 Å². The minimum atomic E-state index is -3.81. The monoisotopic (exact) mass is 442 g/mol. The second-order valence-corrected chi connectivity index (χ2v) is 9.83. The van der Waals surface area contributed by atoms with Crippen molar-refractivity contribution in [2.75, 3.05) is 22.9 Å². The first kappa shape index (κ1) is 20.4. The van der Waals surface area contributed by atoms with Crippen LogP contribution in [0.2, 0.25) is 0 Å². The number of anilines is 2. The summed E-state index contributed by atoms with van der Waals surface area (Å²) in [6.45, 7) is 0.903. The molecule has 6 nitrogen and oxygen atoms in total. The van der Waals surface area contributed by atoms with Gasteiger partial charge in [0, 0.05) is 23.5 Å². The standard InChI is InChI=1S/C22H22N2O4S2/c1-28-19-10-6-18(7-11-19)24(16-20-4-3-15-29-20)30(26,27)21-12-8-17(9-13-21)23-14-2-5-22(23)25/h3-4,6-13,15H,2,5,14,16H2,1H3. The number of methoxy groups -OCH3 is 1. The van der Waals surface area contributed by atoms with E-state index in [1.165, 1.54) is 15.6 Å². The summed E-state index contributed by atoms with van der Waals surface area (Å²) in [5.41, 5.74) is 1.29. The average molecular weight is 443 g/mol. The molecule has 156 valence electrons. The first-order chi connectivity index (χ1) is 14.5. The van der Waals surface area contributed by atoms with Gasteiger partial charge in [-0.2, -0.15) is 0 Å². The van der Waals surface area contributed by atoms with Crippen molar-refractivity contribution in [1.82, 2.24) is 0 Å². The molecule has 1 aliphatic heterocycles. The van der Waals surface area contributed by atoms with Gasteiger partial charge in [0.05, 0.1) is 24.2 Å². The zero-order valence-corrected chi connectivity index (χ0v) is 18.2. The maximum absolute atomic E-state index is 13.5. The van der Waals surface area contributed by atoms with Crippen LogP contribution in [0.4, 0.5) is 11.4 Å². The minimum Gasteiger partial charge on any atom is -0.497 e. The third-order valence-corrected chi connectivity index (χ3v) is 7.70. The molecule has 0 spiro atoms. The number of sulfonamides is 1. The van der Waals surface area contributed by atoms with Gasteiger partial charge in [-0.25, -0.2) is 8.42 Å². The molecule has 2 heterocycles. The Bertz CT molecular complexity index is 1110. The van der Waals surface area contributed by atoms with E-state index < -0.39 is 10.0 Å². The number of hydrogen-bond acceptors (Lipinski definition) is 5. The van der Waals surface area contributed by atoms with Gasteiger partial charge in [-0.1, -0.05) is 6.07 Å². The summed E-state index contributed by atoms with van der Waals surface area (Å²) in [4.78, 5) is 14.8. The van der Waals surface area contributed by atoms with Crippen LogP contribution in [0.1, 0.15) is 17.7 Å². The molecule has 2 aromatic carbocycles. The molecule has 1 aromatic heterocycles. The Morgan fingerprint density at radius 3 is 2.37 bits per heavy atom. The number of amides is 1.